The smallest absolute Gasteiger partial charge is 0.305 e. The Kier molecular flexibility index (Phi) is 8.09. The zero-order valence-corrected chi connectivity index (χ0v) is 20.9. The maximum Gasteiger partial charge on any atom is 0.305 e. The molecule has 0 atom stereocenters. The summed E-state index contributed by atoms with van der Waals surface area (Å²) in [6, 6.07) is 4.96. The number of Topliss-reactive ketones (excluding diaryl/α,β-unsaturated/α-hetero) is 1. The van der Waals surface area contributed by atoms with Crippen molar-refractivity contribution >= 4 is 29.3 Å². The molecule has 1 aliphatic rings. The van der Waals surface area contributed by atoms with Crippen LogP contribution in [0.3, 0.4) is 0 Å². The zero-order valence-electron chi connectivity index (χ0n) is 20.9. The molecule has 0 radical (unpaired) electrons. The lowest BCUT2D eigenvalue weighted by Gasteiger charge is -2.29. The fourth-order valence-electron chi connectivity index (χ4n) is 4.56. The van der Waals surface area contributed by atoms with Gasteiger partial charge in [0.15, 0.2) is 5.78 Å². The number of fused-ring (bicyclic) bond motifs is 1. The van der Waals surface area contributed by atoms with Crippen molar-refractivity contribution in [2.45, 2.75) is 72.1 Å². The highest BCUT2D eigenvalue weighted by Crippen LogP contribution is 2.37. The molecule has 1 aliphatic carbocycles. The average molecular weight is 483 g/mol. The Bertz CT molecular complexity index is 1150. The quantitative estimate of drug-likeness (QED) is 0.390. The molecule has 9 nitrogen and oxygen atoms in total. The number of methoxy groups -OCH3 is 1. The number of nitrogens with one attached hydrogen (secondary N) is 1. The Morgan fingerprint density at radius 2 is 1.80 bits per heavy atom. The van der Waals surface area contributed by atoms with Crippen LogP contribution in [-0.2, 0) is 20.7 Å². The van der Waals surface area contributed by atoms with E-state index in [4.69, 9.17) is 5.73 Å². The van der Waals surface area contributed by atoms with Crippen molar-refractivity contribution in [3.8, 4) is 5.69 Å². The van der Waals surface area contributed by atoms with E-state index in [1.807, 2.05) is 6.92 Å². The molecule has 0 aliphatic heterocycles. The van der Waals surface area contributed by atoms with E-state index in [1.165, 1.54) is 7.11 Å². The van der Waals surface area contributed by atoms with Crippen LogP contribution < -0.4 is 11.1 Å². The van der Waals surface area contributed by atoms with E-state index in [0.29, 0.717) is 48.3 Å². The molecular weight excluding hydrogens is 448 g/mol. The summed E-state index contributed by atoms with van der Waals surface area (Å²) in [5.74, 6) is -1.03. The molecule has 2 aromatic rings. The van der Waals surface area contributed by atoms with Crippen LogP contribution in [0.4, 0.5) is 5.69 Å². The van der Waals surface area contributed by atoms with Gasteiger partial charge in [-0.15, -0.1) is 0 Å². The van der Waals surface area contributed by atoms with E-state index in [1.54, 1.807) is 22.9 Å². The van der Waals surface area contributed by atoms with Crippen molar-refractivity contribution in [2.24, 2.45) is 11.1 Å². The van der Waals surface area contributed by atoms with E-state index in [0.717, 1.165) is 25.0 Å². The molecule has 0 bridgehead atoms. The maximum atomic E-state index is 12.7. The number of carbonyl (C=O) groups is 4. The van der Waals surface area contributed by atoms with Gasteiger partial charge < -0.3 is 15.8 Å². The second-order valence-electron chi connectivity index (χ2n) is 9.89. The van der Waals surface area contributed by atoms with Gasteiger partial charge in [-0.25, -0.2) is 4.68 Å². The molecule has 1 heterocycles. The first-order valence-corrected chi connectivity index (χ1v) is 11.9. The first-order chi connectivity index (χ1) is 16.5. The summed E-state index contributed by atoms with van der Waals surface area (Å²) in [7, 11) is 1.37. The van der Waals surface area contributed by atoms with Crippen LogP contribution in [0.1, 0.15) is 90.9 Å². The monoisotopic (exact) mass is 482 g/mol. The summed E-state index contributed by atoms with van der Waals surface area (Å²) < 4.78 is 6.34. The standard InChI is InChI=1S/C26H34N4O5/c1-16-24-20(14-26(2,3)15-21(24)31)30(29-16)17-11-12-18(25(27)34)19(13-17)28-22(32)9-7-5-6-8-10-23(33)35-4/h11-13H,5-10,14-15H2,1-4H3,(H2,27,34)(H,28,32). The number of carbonyl (C=O) groups excluding carboxylic acids is 4. The second kappa shape index (κ2) is 10.8. The van der Waals surface area contributed by atoms with Gasteiger partial charge in [0.05, 0.1) is 41.0 Å². The number of aromatic nitrogens is 2. The number of hydrogen-bond donors (Lipinski definition) is 2. The summed E-state index contributed by atoms with van der Waals surface area (Å²) in [6.07, 6.45) is 4.80. The molecule has 0 spiro atoms. The molecule has 0 saturated heterocycles. The normalized spacial score (nSPS) is 14.3. The Hall–Kier alpha value is -3.49. The SMILES string of the molecule is COC(=O)CCCCCCC(=O)Nc1cc(-n2nc(C)c3c2CC(C)(C)CC3=O)ccc1C(N)=O. The van der Waals surface area contributed by atoms with Gasteiger partial charge in [-0.1, -0.05) is 26.7 Å². The number of unbranched alkanes of at least 4 members (excludes halogenated alkanes) is 3. The third-order valence-electron chi connectivity index (χ3n) is 6.27. The van der Waals surface area contributed by atoms with Gasteiger partial charge in [-0.2, -0.15) is 5.10 Å². The third-order valence-corrected chi connectivity index (χ3v) is 6.27. The number of esters is 1. The van der Waals surface area contributed by atoms with E-state index >= 15 is 0 Å². The van der Waals surface area contributed by atoms with Crippen LogP contribution in [0.15, 0.2) is 18.2 Å². The number of nitrogens with two attached hydrogens (primary N) is 1. The Labute approximate surface area is 205 Å². The fourth-order valence-corrected chi connectivity index (χ4v) is 4.56. The first kappa shape index (κ1) is 26.1. The first-order valence-electron chi connectivity index (χ1n) is 11.9. The minimum Gasteiger partial charge on any atom is -0.469 e. The predicted octanol–water partition coefficient (Wildman–Crippen LogP) is 3.89. The van der Waals surface area contributed by atoms with E-state index < -0.39 is 5.91 Å². The number of hydrogen-bond acceptors (Lipinski definition) is 6. The van der Waals surface area contributed by atoms with Crippen molar-refractivity contribution in [1.82, 2.24) is 9.78 Å². The van der Waals surface area contributed by atoms with Crippen molar-refractivity contribution in [3.63, 3.8) is 0 Å². The molecule has 1 aromatic heterocycles. The molecule has 3 rings (SSSR count). The van der Waals surface area contributed by atoms with Gasteiger partial charge in [0, 0.05) is 19.3 Å². The molecule has 0 saturated carbocycles. The molecule has 188 valence electrons. The lowest BCUT2D eigenvalue weighted by Crippen LogP contribution is -2.28. The minimum absolute atomic E-state index is 0.0777. The predicted molar refractivity (Wildman–Crippen MR) is 132 cm³/mol. The van der Waals surface area contributed by atoms with Gasteiger partial charge in [-0.3, -0.25) is 19.2 Å². The molecule has 2 amide bonds. The van der Waals surface area contributed by atoms with Crippen LogP contribution in [0.2, 0.25) is 0 Å². The Morgan fingerprint density at radius 3 is 2.46 bits per heavy atom. The van der Waals surface area contributed by atoms with Gasteiger partial charge in [-0.05, 0) is 49.8 Å². The van der Waals surface area contributed by atoms with Gasteiger partial charge in [0.2, 0.25) is 5.91 Å². The number of primary amides is 1. The molecule has 0 fully saturated rings. The van der Waals surface area contributed by atoms with Gasteiger partial charge in [0.1, 0.15) is 0 Å². The lowest BCUT2D eigenvalue weighted by atomic mass is 9.75. The summed E-state index contributed by atoms with van der Waals surface area (Å²) in [6.45, 7) is 5.92. The van der Waals surface area contributed by atoms with Crippen LogP contribution in [0, 0.1) is 12.3 Å². The van der Waals surface area contributed by atoms with E-state index in [9.17, 15) is 19.2 Å². The summed E-state index contributed by atoms with van der Waals surface area (Å²) in [5.41, 5.74) is 8.67. The van der Waals surface area contributed by atoms with Crippen LogP contribution >= 0.6 is 0 Å². The molecule has 9 heteroatoms. The highest BCUT2D eigenvalue weighted by atomic mass is 16.5. The number of nitrogens with zero attached hydrogens (tertiary/aromatic N) is 2. The maximum absolute atomic E-state index is 12.7. The van der Waals surface area contributed by atoms with Gasteiger partial charge >= 0.3 is 5.97 Å². The fraction of sp³-hybridized carbons (Fsp3) is 0.500. The molecular formula is C26H34N4O5. The number of amides is 2. The Morgan fingerprint density at radius 1 is 1.11 bits per heavy atom. The lowest BCUT2D eigenvalue weighted by molar-refractivity contribution is -0.140. The van der Waals surface area contributed by atoms with Crippen molar-refractivity contribution < 1.29 is 23.9 Å². The van der Waals surface area contributed by atoms with Crippen LogP contribution in [-0.4, -0.2) is 40.5 Å². The second-order valence-corrected chi connectivity index (χ2v) is 9.89. The third kappa shape index (κ3) is 6.35. The molecule has 0 unspecified atom stereocenters. The van der Waals surface area contributed by atoms with Crippen molar-refractivity contribution in [1.29, 1.82) is 0 Å². The van der Waals surface area contributed by atoms with E-state index in [2.05, 4.69) is 29.0 Å². The highest BCUT2D eigenvalue weighted by molar-refractivity contribution is 6.03. The van der Waals surface area contributed by atoms with Gasteiger partial charge in [0.25, 0.3) is 5.91 Å². The summed E-state index contributed by atoms with van der Waals surface area (Å²) in [5, 5.41) is 7.41. The van der Waals surface area contributed by atoms with E-state index in [-0.39, 0.29) is 35.1 Å². The molecule has 35 heavy (non-hydrogen) atoms. The Balaban J connectivity index is 1.75. The average Bonchev–Trinajstić information content (AvgIpc) is 3.10. The topological polar surface area (TPSA) is 133 Å². The summed E-state index contributed by atoms with van der Waals surface area (Å²) in [4.78, 5) is 48.5. The summed E-state index contributed by atoms with van der Waals surface area (Å²) >= 11 is 0. The highest BCUT2D eigenvalue weighted by Gasteiger charge is 2.35. The number of ketones is 1. The van der Waals surface area contributed by atoms with Crippen LogP contribution in [0.5, 0.6) is 0 Å². The largest absolute Gasteiger partial charge is 0.469 e. The van der Waals surface area contributed by atoms with Crippen molar-refractivity contribution in [3.05, 3.63) is 40.7 Å². The number of anilines is 1. The molecule has 1 aromatic carbocycles. The molecule has 3 N–H and O–H groups in total. The van der Waals surface area contributed by atoms with Crippen LogP contribution in [0.25, 0.3) is 5.69 Å². The number of rotatable bonds is 10. The van der Waals surface area contributed by atoms with Crippen molar-refractivity contribution in [2.75, 3.05) is 12.4 Å². The zero-order chi connectivity index (χ0) is 25.8. The number of aryl methyl sites for hydroxylation is 1. The minimum atomic E-state index is -0.648. The number of benzene rings is 1. The number of ether oxygens (including phenoxy) is 1.